The van der Waals surface area contributed by atoms with Gasteiger partial charge in [-0.1, -0.05) is 6.42 Å². The zero-order chi connectivity index (χ0) is 14.0. The second-order valence-electron chi connectivity index (χ2n) is 5.26. The van der Waals surface area contributed by atoms with Crippen LogP contribution in [0, 0.1) is 13.8 Å². The van der Waals surface area contributed by atoms with E-state index >= 15 is 0 Å². The molecular formula is C15H21F2NO. The fourth-order valence-electron chi connectivity index (χ4n) is 2.72. The summed E-state index contributed by atoms with van der Waals surface area (Å²) in [6.07, 6.45) is 2.37. The number of aryl methyl sites for hydroxylation is 2. The van der Waals surface area contributed by atoms with Crippen LogP contribution in [0.2, 0.25) is 0 Å². The molecule has 0 bridgehead atoms. The molecular weight excluding hydrogens is 248 g/mol. The zero-order valence-corrected chi connectivity index (χ0v) is 11.7. The molecule has 0 aromatic heterocycles. The fraction of sp³-hybridized carbons (Fsp3) is 0.600. The SMILES string of the molecule is COc1cc(C)c(C(F)(F)C2CCCCN2)cc1C. The number of hydrogen-bond donors (Lipinski definition) is 1. The van der Waals surface area contributed by atoms with E-state index in [2.05, 4.69) is 5.32 Å². The van der Waals surface area contributed by atoms with E-state index in [1.54, 1.807) is 33.1 Å². The Bertz CT molecular complexity index is 454. The average molecular weight is 269 g/mol. The first-order chi connectivity index (χ1) is 8.96. The number of hydrogen-bond acceptors (Lipinski definition) is 2. The van der Waals surface area contributed by atoms with Gasteiger partial charge in [0.25, 0.3) is 5.92 Å². The highest BCUT2D eigenvalue weighted by molar-refractivity contribution is 5.43. The first-order valence-electron chi connectivity index (χ1n) is 6.73. The van der Waals surface area contributed by atoms with Crippen molar-refractivity contribution >= 4 is 0 Å². The minimum Gasteiger partial charge on any atom is -0.496 e. The molecule has 0 radical (unpaired) electrons. The lowest BCUT2D eigenvalue weighted by molar-refractivity contribution is -0.0518. The van der Waals surface area contributed by atoms with Crippen LogP contribution in [0.25, 0.3) is 0 Å². The van der Waals surface area contributed by atoms with Gasteiger partial charge in [0.15, 0.2) is 0 Å². The van der Waals surface area contributed by atoms with Gasteiger partial charge in [0, 0.05) is 5.56 Å². The molecule has 0 amide bonds. The summed E-state index contributed by atoms with van der Waals surface area (Å²) in [5, 5.41) is 2.95. The Hall–Kier alpha value is -1.16. The molecule has 0 aliphatic carbocycles. The molecule has 0 spiro atoms. The normalized spacial score (nSPS) is 20.4. The summed E-state index contributed by atoms with van der Waals surface area (Å²) < 4.78 is 34.4. The van der Waals surface area contributed by atoms with Crippen LogP contribution < -0.4 is 10.1 Å². The molecule has 1 aromatic carbocycles. The second kappa shape index (κ2) is 5.45. The lowest BCUT2D eigenvalue weighted by Crippen LogP contribution is -2.46. The van der Waals surface area contributed by atoms with Crippen LogP contribution in [-0.4, -0.2) is 19.7 Å². The number of ether oxygens (including phenoxy) is 1. The van der Waals surface area contributed by atoms with Crippen molar-refractivity contribution < 1.29 is 13.5 Å². The minimum atomic E-state index is -2.83. The molecule has 1 heterocycles. The summed E-state index contributed by atoms with van der Waals surface area (Å²) in [5.74, 6) is -2.17. The smallest absolute Gasteiger partial charge is 0.288 e. The Kier molecular flexibility index (Phi) is 4.09. The van der Waals surface area contributed by atoms with Crippen LogP contribution in [-0.2, 0) is 5.92 Å². The van der Waals surface area contributed by atoms with Crippen LogP contribution in [0.15, 0.2) is 12.1 Å². The highest BCUT2D eigenvalue weighted by atomic mass is 19.3. The Balaban J connectivity index is 2.36. The van der Waals surface area contributed by atoms with Gasteiger partial charge in [-0.2, -0.15) is 8.78 Å². The molecule has 19 heavy (non-hydrogen) atoms. The van der Waals surface area contributed by atoms with E-state index in [9.17, 15) is 8.78 Å². The standard InChI is InChI=1S/C15H21F2NO/c1-10-9-13(19-3)11(2)8-12(10)15(16,17)14-6-4-5-7-18-14/h8-9,14,18H,4-7H2,1-3H3. The lowest BCUT2D eigenvalue weighted by Gasteiger charge is -2.32. The molecule has 0 saturated carbocycles. The Morgan fingerprint density at radius 3 is 2.53 bits per heavy atom. The van der Waals surface area contributed by atoms with Crippen molar-refractivity contribution in [2.45, 2.75) is 45.1 Å². The number of rotatable bonds is 3. The number of nitrogens with one attached hydrogen (secondary N) is 1. The van der Waals surface area contributed by atoms with Gasteiger partial charge in [-0.3, -0.25) is 0 Å². The van der Waals surface area contributed by atoms with Crippen LogP contribution in [0.3, 0.4) is 0 Å². The van der Waals surface area contributed by atoms with Gasteiger partial charge in [-0.05, 0) is 56.5 Å². The molecule has 2 rings (SSSR count). The van der Waals surface area contributed by atoms with Crippen molar-refractivity contribution in [1.82, 2.24) is 5.32 Å². The monoisotopic (exact) mass is 269 g/mol. The molecule has 1 aliphatic rings. The number of benzene rings is 1. The predicted octanol–water partition coefficient (Wildman–Crippen LogP) is 3.55. The van der Waals surface area contributed by atoms with Crippen molar-refractivity contribution in [3.63, 3.8) is 0 Å². The van der Waals surface area contributed by atoms with Gasteiger partial charge >= 0.3 is 0 Å². The van der Waals surface area contributed by atoms with E-state index in [-0.39, 0.29) is 5.56 Å². The van der Waals surface area contributed by atoms with Crippen molar-refractivity contribution in [2.75, 3.05) is 13.7 Å². The maximum Gasteiger partial charge on any atom is 0.288 e. The van der Waals surface area contributed by atoms with Crippen LogP contribution in [0.1, 0.15) is 36.0 Å². The quantitative estimate of drug-likeness (QED) is 0.906. The van der Waals surface area contributed by atoms with E-state index < -0.39 is 12.0 Å². The van der Waals surface area contributed by atoms with Crippen molar-refractivity contribution in [3.05, 3.63) is 28.8 Å². The van der Waals surface area contributed by atoms with Gasteiger partial charge in [0.1, 0.15) is 5.75 Å². The molecule has 4 heteroatoms. The molecule has 1 N–H and O–H groups in total. The maximum atomic E-state index is 14.6. The number of alkyl halides is 2. The summed E-state index contributed by atoms with van der Waals surface area (Å²) >= 11 is 0. The number of methoxy groups -OCH3 is 1. The molecule has 1 atom stereocenters. The number of piperidine rings is 1. The van der Waals surface area contributed by atoms with Gasteiger partial charge in [-0.15, -0.1) is 0 Å². The molecule has 1 aliphatic heterocycles. The third-order valence-corrected chi connectivity index (χ3v) is 3.85. The molecule has 1 fully saturated rings. The van der Waals surface area contributed by atoms with Gasteiger partial charge in [0.2, 0.25) is 0 Å². The van der Waals surface area contributed by atoms with Crippen LogP contribution in [0.5, 0.6) is 5.75 Å². The van der Waals surface area contributed by atoms with E-state index in [1.165, 1.54) is 0 Å². The molecule has 1 unspecified atom stereocenters. The highest BCUT2D eigenvalue weighted by Crippen LogP contribution is 2.39. The topological polar surface area (TPSA) is 21.3 Å². The van der Waals surface area contributed by atoms with Crippen LogP contribution >= 0.6 is 0 Å². The largest absolute Gasteiger partial charge is 0.496 e. The summed E-state index contributed by atoms with van der Waals surface area (Å²) in [5.41, 5.74) is 1.45. The lowest BCUT2D eigenvalue weighted by atomic mass is 9.90. The Labute approximate surface area is 113 Å². The van der Waals surface area contributed by atoms with Crippen molar-refractivity contribution in [2.24, 2.45) is 0 Å². The predicted molar refractivity (Wildman–Crippen MR) is 72.0 cm³/mol. The molecule has 2 nitrogen and oxygen atoms in total. The average Bonchev–Trinajstić information content (AvgIpc) is 2.41. The van der Waals surface area contributed by atoms with E-state index in [4.69, 9.17) is 4.74 Å². The highest BCUT2D eigenvalue weighted by Gasteiger charge is 2.42. The van der Waals surface area contributed by atoms with Crippen LogP contribution in [0.4, 0.5) is 8.78 Å². The van der Waals surface area contributed by atoms with Gasteiger partial charge < -0.3 is 10.1 Å². The summed E-state index contributed by atoms with van der Waals surface area (Å²) in [6, 6.07) is 2.50. The summed E-state index contributed by atoms with van der Waals surface area (Å²) in [7, 11) is 1.56. The Morgan fingerprint density at radius 1 is 1.21 bits per heavy atom. The Morgan fingerprint density at radius 2 is 1.95 bits per heavy atom. The fourth-order valence-corrected chi connectivity index (χ4v) is 2.72. The first kappa shape index (κ1) is 14.3. The second-order valence-corrected chi connectivity index (χ2v) is 5.26. The molecule has 1 saturated heterocycles. The maximum absolute atomic E-state index is 14.6. The summed E-state index contributed by atoms with van der Waals surface area (Å²) in [4.78, 5) is 0. The molecule has 106 valence electrons. The minimum absolute atomic E-state index is 0.116. The van der Waals surface area contributed by atoms with Gasteiger partial charge in [-0.25, -0.2) is 0 Å². The zero-order valence-electron chi connectivity index (χ0n) is 11.7. The van der Waals surface area contributed by atoms with E-state index in [0.717, 1.165) is 18.4 Å². The van der Waals surface area contributed by atoms with E-state index in [1.807, 2.05) is 0 Å². The number of halogens is 2. The summed E-state index contributed by atoms with van der Waals surface area (Å²) in [6.45, 7) is 4.19. The third-order valence-electron chi connectivity index (χ3n) is 3.85. The third kappa shape index (κ3) is 2.73. The van der Waals surface area contributed by atoms with E-state index in [0.29, 0.717) is 24.3 Å². The first-order valence-corrected chi connectivity index (χ1v) is 6.73. The van der Waals surface area contributed by atoms with Gasteiger partial charge in [0.05, 0.1) is 13.2 Å². The molecule has 1 aromatic rings. The van der Waals surface area contributed by atoms with Crippen molar-refractivity contribution in [1.29, 1.82) is 0 Å². The van der Waals surface area contributed by atoms with Crippen molar-refractivity contribution in [3.8, 4) is 5.75 Å².